The Labute approximate surface area is 58.9 Å². The van der Waals surface area contributed by atoms with Crippen LogP contribution in [0.1, 0.15) is 6.92 Å². The third kappa shape index (κ3) is 3.37. The van der Waals surface area contributed by atoms with Crippen molar-refractivity contribution >= 4 is 17.7 Å². The Bertz CT molecular complexity index is 97.0. The van der Waals surface area contributed by atoms with Crippen molar-refractivity contribution in [2.75, 3.05) is 12.9 Å². The number of rotatable bonds is 3. The molecule has 0 aromatic carbocycles. The van der Waals surface area contributed by atoms with Gasteiger partial charge in [0.15, 0.2) is 0 Å². The van der Waals surface area contributed by atoms with E-state index in [2.05, 4.69) is 4.74 Å². The highest BCUT2D eigenvalue weighted by molar-refractivity contribution is 7.99. The van der Waals surface area contributed by atoms with E-state index in [0.29, 0.717) is 6.61 Å². The Balaban J connectivity index is 3.46. The molecule has 0 spiro atoms. The number of hydrogen-bond donors (Lipinski definition) is 1. The monoisotopic (exact) mass is 149 g/mol. The standard InChI is InChI=1S/C5H11NO2S/c1-3-8-5(7)4(6)9-2/h4H,3,6H2,1-2H3. The Kier molecular flexibility index (Phi) is 4.53. The minimum Gasteiger partial charge on any atom is -0.464 e. The van der Waals surface area contributed by atoms with E-state index in [0.717, 1.165) is 0 Å². The van der Waals surface area contributed by atoms with Crippen LogP contribution in [-0.2, 0) is 9.53 Å². The van der Waals surface area contributed by atoms with E-state index in [9.17, 15) is 4.79 Å². The number of nitrogens with two attached hydrogens (primary N) is 1. The van der Waals surface area contributed by atoms with Crippen molar-refractivity contribution in [2.24, 2.45) is 5.73 Å². The molecule has 0 saturated carbocycles. The lowest BCUT2D eigenvalue weighted by molar-refractivity contribution is -0.142. The SMILES string of the molecule is CCOC(=O)C(N)SC. The summed E-state index contributed by atoms with van der Waals surface area (Å²) < 4.78 is 4.61. The highest BCUT2D eigenvalue weighted by Gasteiger charge is 2.10. The summed E-state index contributed by atoms with van der Waals surface area (Å²) in [5, 5.41) is -0.523. The smallest absolute Gasteiger partial charge is 0.333 e. The van der Waals surface area contributed by atoms with Crippen LogP contribution in [0, 0.1) is 0 Å². The van der Waals surface area contributed by atoms with E-state index in [-0.39, 0.29) is 5.97 Å². The third-order valence-corrected chi connectivity index (χ3v) is 1.47. The number of ether oxygens (including phenoxy) is 1. The first-order valence-electron chi connectivity index (χ1n) is 2.67. The van der Waals surface area contributed by atoms with E-state index in [1.807, 2.05) is 0 Å². The van der Waals surface area contributed by atoms with Gasteiger partial charge in [0.1, 0.15) is 5.37 Å². The van der Waals surface area contributed by atoms with Crippen LogP contribution >= 0.6 is 11.8 Å². The van der Waals surface area contributed by atoms with Crippen LogP contribution in [0.15, 0.2) is 0 Å². The van der Waals surface area contributed by atoms with Crippen molar-refractivity contribution < 1.29 is 9.53 Å². The average Bonchev–Trinajstić information content (AvgIpc) is 1.87. The molecule has 1 atom stereocenters. The molecule has 2 N–H and O–H groups in total. The van der Waals surface area contributed by atoms with Gasteiger partial charge in [0.2, 0.25) is 0 Å². The predicted octanol–water partition coefficient (Wildman–Crippen LogP) is 0.197. The molecule has 54 valence electrons. The molecular formula is C5H11NO2S. The van der Waals surface area contributed by atoms with Crippen LogP contribution in [0.5, 0.6) is 0 Å². The zero-order chi connectivity index (χ0) is 7.28. The van der Waals surface area contributed by atoms with Gasteiger partial charge in [-0.25, -0.2) is 4.79 Å². The van der Waals surface area contributed by atoms with Crippen molar-refractivity contribution in [3.05, 3.63) is 0 Å². The van der Waals surface area contributed by atoms with Gasteiger partial charge in [-0.2, -0.15) is 0 Å². The van der Waals surface area contributed by atoms with Crippen molar-refractivity contribution in [1.29, 1.82) is 0 Å². The maximum absolute atomic E-state index is 10.6. The van der Waals surface area contributed by atoms with Crippen molar-refractivity contribution in [1.82, 2.24) is 0 Å². The van der Waals surface area contributed by atoms with Gasteiger partial charge in [-0.3, -0.25) is 0 Å². The Hall–Kier alpha value is -0.220. The van der Waals surface area contributed by atoms with Crippen LogP contribution < -0.4 is 5.73 Å². The fourth-order valence-corrected chi connectivity index (χ4v) is 0.581. The first kappa shape index (κ1) is 8.78. The molecule has 0 bridgehead atoms. The summed E-state index contributed by atoms with van der Waals surface area (Å²) in [7, 11) is 0. The van der Waals surface area contributed by atoms with Crippen LogP contribution in [0.4, 0.5) is 0 Å². The molecule has 0 amide bonds. The van der Waals surface area contributed by atoms with Gasteiger partial charge < -0.3 is 10.5 Å². The van der Waals surface area contributed by atoms with Crippen molar-refractivity contribution in [3.63, 3.8) is 0 Å². The largest absolute Gasteiger partial charge is 0.464 e. The molecule has 0 saturated heterocycles. The molecule has 0 aliphatic rings. The lowest BCUT2D eigenvalue weighted by atomic mass is 10.7. The van der Waals surface area contributed by atoms with Crippen LogP contribution in [0.3, 0.4) is 0 Å². The highest BCUT2D eigenvalue weighted by atomic mass is 32.2. The lowest BCUT2D eigenvalue weighted by Crippen LogP contribution is -2.28. The molecular weight excluding hydrogens is 138 g/mol. The van der Waals surface area contributed by atoms with E-state index in [4.69, 9.17) is 5.73 Å². The maximum Gasteiger partial charge on any atom is 0.333 e. The van der Waals surface area contributed by atoms with E-state index in [1.54, 1.807) is 13.2 Å². The van der Waals surface area contributed by atoms with E-state index >= 15 is 0 Å². The fourth-order valence-electron chi connectivity index (χ4n) is 0.321. The molecule has 0 aromatic heterocycles. The van der Waals surface area contributed by atoms with Crippen LogP contribution in [-0.4, -0.2) is 24.2 Å². The zero-order valence-electron chi connectivity index (χ0n) is 5.59. The summed E-state index contributed by atoms with van der Waals surface area (Å²) >= 11 is 1.28. The topological polar surface area (TPSA) is 52.3 Å². The number of esters is 1. The number of carbonyl (C=O) groups is 1. The van der Waals surface area contributed by atoms with Crippen molar-refractivity contribution in [2.45, 2.75) is 12.3 Å². The average molecular weight is 149 g/mol. The molecule has 1 unspecified atom stereocenters. The normalized spacial score (nSPS) is 12.8. The summed E-state index contributed by atoms with van der Waals surface area (Å²) in [4.78, 5) is 10.6. The van der Waals surface area contributed by atoms with E-state index in [1.165, 1.54) is 11.8 Å². The molecule has 3 nitrogen and oxygen atoms in total. The van der Waals surface area contributed by atoms with Gasteiger partial charge in [0, 0.05) is 0 Å². The van der Waals surface area contributed by atoms with Gasteiger partial charge >= 0.3 is 5.97 Å². The molecule has 0 aliphatic carbocycles. The van der Waals surface area contributed by atoms with Crippen molar-refractivity contribution in [3.8, 4) is 0 Å². The van der Waals surface area contributed by atoms with Gasteiger partial charge in [-0.05, 0) is 13.2 Å². The maximum atomic E-state index is 10.6. The first-order valence-corrected chi connectivity index (χ1v) is 3.96. The molecule has 0 radical (unpaired) electrons. The third-order valence-electron chi connectivity index (χ3n) is 0.773. The molecule has 4 heteroatoms. The summed E-state index contributed by atoms with van der Waals surface area (Å²) in [6.07, 6.45) is 1.77. The Morgan fingerprint density at radius 1 is 1.89 bits per heavy atom. The second-order valence-electron chi connectivity index (χ2n) is 1.41. The molecule has 0 rings (SSSR count). The van der Waals surface area contributed by atoms with E-state index < -0.39 is 5.37 Å². The minimum absolute atomic E-state index is 0.343. The molecule has 0 heterocycles. The predicted molar refractivity (Wildman–Crippen MR) is 38.1 cm³/mol. The molecule has 0 fully saturated rings. The number of hydrogen-bond acceptors (Lipinski definition) is 4. The zero-order valence-corrected chi connectivity index (χ0v) is 6.40. The first-order chi connectivity index (χ1) is 4.22. The van der Waals surface area contributed by atoms with Gasteiger partial charge in [0.25, 0.3) is 0 Å². The number of thioether (sulfide) groups is 1. The van der Waals surface area contributed by atoms with Gasteiger partial charge in [-0.15, -0.1) is 11.8 Å². The summed E-state index contributed by atoms with van der Waals surface area (Å²) in [6, 6.07) is 0. The minimum atomic E-state index is -0.523. The summed E-state index contributed by atoms with van der Waals surface area (Å²) in [5.74, 6) is -0.343. The molecule has 0 aromatic rings. The Morgan fingerprint density at radius 2 is 2.44 bits per heavy atom. The molecule has 9 heavy (non-hydrogen) atoms. The van der Waals surface area contributed by atoms with Gasteiger partial charge in [0.05, 0.1) is 6.61 Å². The summed E-state index contributed by atoms with van der Waals surface area (Å²) in [5.41, 5.74) is 5.29. The van der Waals surface area contributed by atoms with Crippen LogP contribution in [0.25, 0.3) is 0 Å². The highest BCUT2D eigenvalue weighted by Crippen LogP contribution is 2.00. The second-order valence-corrected chi connectivity index (χ2v) is 2.39. The van der Waals surface area contributed by atoms with Gasteiger partial charge in [-0.1, -0.05) is 0 Å². The quantitative estimate of drug-likeness (QED) is 0.460. The van der Waals surface area contributed by atoms with Crippen LogP contribution in [0.2, 0.25) is 0 Å². The lowest BCUT2D eigenvalue weighted by Gasteiger charge is -2.05. The molecule has 0 aliphatic heterocycles. The summed E-state index contributed by atoms with van der Waals surface area (Å²) in [6.45, 7) is 2.15. The fraction of sp³-hybridized carbons (Fsp3) is 0.800. The number of carbonyl (C=O) groups excluding carboxylic acids is 1. The Morgan fingerprint density at radius 3 is 2.78 bits per heavy atom. The second kappa shape index (κ2) is 4.64.